The van der Waals surface area contributed by atoms with Crippen LogP contribution in [0.3, 0.4) is 0 Å². The summed E-state index contributed by atoms with van der Waals surface area (Å²) in [4.78, 5) is 3.16. The summed E-state index contributed by atoms with van der Waals surface area (Å²) >= 11 is 4.17. The molecule has 2 aromatic rings. The third-order valence-electron chi connectivity index (χ3n) is 2.20. The van der Waals surface area contributed by atoms with Gasteiger partial charge in [-0.2, -0.15) is 12.6 Å². The van der Waals surface area contributed by atoms with Crippen molar-refractivity contribution in [1.82, 2.24) is 4.98 Å². The summed E-state index contributed by atoms with van der Waals surface area (Å²) < 4.78 is 0. The van der Waals surface area contributed by atoms with Gasteiger partial charge in [-0.05, 0) is 23.1 Å². The molecule has 0 saturated heterocycles. The van der Waals surface area contributed by atoms with E-state index in [-0.39, 0.29) is 6.04 Å². The SMILES string of the molecule is NC(CS)c1ccc2cc[nH]c2c1. The van der Waals surface area contributed by atoms with Gasteiger partial charge in [0.1, 0.15) is 0 Å². The number of nitrogens with one attached hydrogen (secondary N) is 1. The van der Waals surface area contributed by atoms with Gasteiger partial charge >= 0.3 is 0 Å². The Bertz CT molecular complexity index is 408. The molecule has 1 atom stereocenters. The second-order valence-corrected chi connectivity index (χ2v) is 3.48. The Labute approximate surface area is 82.5 Å². The third-order valence-corrected chi connectivity index (χ3v) is 2.60. The van der Waals surface area contributed by atoms with Crippen molar-refractivity contribution in [2.24, 2.45) is 5.73 Å². The monoisotopic (exact) mass is 192 g/mol. The van der Waals surface area contributed by atoms with Crippen LogP contribution in [0.15, 0.2) is 30.5 Å². The highest BCUT2D eigenvalue weighted by Crippen LogP contribution is 2.18. The molecule has 0 bridgehead atoms. The van der Waals surface area contributed by atoms with Gasteiger partial charge in [0.2, 0.25) is 0 Å². The lowest BCUT2D eigenvalue weighted by molar-refractivity contribution is 0.836. The maximum Gasteiger partial charge on any atom is 0.0457 e. The Balaban J connectivity index is 2.48. The fourth-order valence-electron chi connectivity index (χ4n) is 1.40. The summed E-state index contributed by atoms with van der Waals surface area (Å²) in [7, 11) is 0. The van der Waals surface area contributed by atoms with Gasteiger partial charge in [0.25, 0.3) is 0 Å². The van der Waals surface area contributed by atoms with Crippen molar-refractivity contribution < 1.29 is 0 Å². The molecule has 1 aromatic carbocycles. The van der Waals surface area contributed by atoms with Gasteiger partial charge in [0.05, 0.1) is 0 Å². The van der Waals surface area contributed by atoms with Gasteiger partial charge in [-0.1, -0.05) is 12.1 Å². The molecule has 0 amide bonds. The molecule has 0 spiro atoms. The first-order valence-corrected chi connectivity index (χ1v) is 4.88. The number of thiol groups is 1. The summed E-state index contributed by atoms with van der Waals surface area (Å²) in [6, 6.07) is 8.28. The van der Waals surface area contributed by atoms with Crippen LogP contribution in [0.2, 0.25) is 0 Å². The van der Waals surface area contributed by atoms with Gasteiger partial charge in [0.15, 0.2) is 0 Å². The quantitative estimate of drug-likeness (QED) is 0.627. The van der Waals surface area contributed by atoms with E-state index in [0.29, 0.717) is 5.75 Å². The zero-order valence-electron chi connectivity index (χ0n) is 7.20. The van der Waals surface area contributed by atoms with Crippen molar-refractivity contribution >= 4 is 23.5 Å². The zero-order chi connectivity index (χ0) is 9.26. The highest BCUT2D eigenvalue weighted by Gasteiger charge is 2.04. The number of fused-ring (bicyclic) bond motifs is 1. The molecular weight excluding hydrogens is 180 g/mol. The molecule has 2 nitrogen and oxygen atoms in total. The Hall–Kier alpha value is -0.930. The maximum atomic E-state index is 5.86. The Morgan fingerprint density at radius 2 is 2.23 bits per heavy atom. The van der Waals surface area contributed by atoms with Gasteiger partial charge in [0, 0.05) is 23.5 Å². The third kappa shape index (κ3) is 1.57. The molecule has 3 N–H and O–H groups in total. The molecule has 0 fully saturated rings. The topological polar surface area (TPSA) is 41.8 Å². The Kier molecular flexibility index (Phi) is 2.29. The van der Waals surface area contributed by atoms with E-state index < -0.39 is 0 Å². The first-order valence-electron chi connectivity index (χ1n) is 4.25. The highest BCUT2D eigenvalue weighted by molar-refractivity contribution is 7.80. The molecule has 0 aliphatic carbocycles. The van der Waals surface area contributed by atoms with Crippen molar-refractivity contribution in [1.29, 1.82) is 0 Å². The van der Waals surface area contributed by atoms with E-state index in [1.165, 1.54) is 5.39 Å². The van der Waals surface area contributed by atoms with E-state index in [0.717, 1.165) is 11.1 Å². The molecule has 2 rings (SSSR count). The predicted molar refractivity (Wildman–Crippen MR) is 59.1 cm³/mol. The average molecular weight is 192 g/mol. The van der Waals surface area contributed by atoms with E-state index in [9.17, 15) is 0 Å². The Morgan fingerprint density at radius 1 is 1.38 bits per heavy atom. The summed E-state index contributed by atoms with van der Waals surface area (Å²) in [6.45, 7) is 0. The number of H-pyrrole nitrogens is 1. The van der Waals surface area contributed by atoms with Crippen LogP contribution >= 0.6 is 12.6 Å². The van der Waals surface area contributed by atoms with Crippen LogP contribution in [-0.2, 0) is 0 Å². The number of benzene rings is 1. The summed E-state index contributed by atoms with van der Waals surface area (Å²) in [5, 5.41) is 1.22. The molecular formula is C10H12N2S. The van der Waals surface area contributed by atoms with Gasteiger partial charge in [-0.15, -0.1) is 0 Å². The second-order valence-electron chi connectivity index (χ2n) is 3.11. The maximum absolute atomic E-state index is 5.86. The molecule has 68 valence electrons. The van der Waals surface area contributed by atoms with Gasteiger partial charge in [-0.25, -0.2) is 0 Å². The van der Waals surface area contributed by atoms with Crippen molar-refractivity contribution in [3.05, 3.63) is 36.0 Å². The highest BCUT2D eigenvalue weighted by atomic mass is 32.1. The fourth-order valence-corrected chi connectivity index (χ4v) is 1.61. The van der Waals surface area contributed by atoms with E-state index in [1.807, 2.05) is 12.3 Å². The van der Waals surface area contributed by atoms with Crippen LogP contribution in [0.5, 0.6) is 0 Å². The molecule has 0 saturated carbocycles. The van der Waals surface area contributed by atoms with Gasteiger partial charge in [-0.3, -0.25) is 0 Å². The van der Waals surface area contributed by atoms with Crippen LogP contribution in [0.1, 0.15) is 11.6 Å². The van der Waals surface area contributed by atoms with Crippen LogP contribution in [0.25, 0.3) is 10.9 Å². The van der Waals surface area contributed by atoms with Crippen LogP contribution in [0.4, 0.5) is 0 Å². The predicted octanol–water partition coefficient (Wildman–Crippen LogP) is 2.10. The number of nitrogens with two attached hydrogens (primary N) is 1. The van der Waals surface area contributed by atoms with Crippen LogP contribution in [0, 0.1) is 0 Å². The summed E-state index contributed by atoms with van der Waals surface area (Å²) in [5.41, 5.74) is 8.13. The molecule has 13 heavy (non-hydrogen) atoms. The number of hydrogen-bond donors (Lipinski definition) is 3. The van der Waals surface area contributed by atoms with Crippen molar-refractivity contribution in [3.63, 3.8) is 0 Å². The van der Waals surface area contributed by atoms with Gasteiger partial charge < -0.3 is 10.7 Å². The fraction of sp³-hybridized carbons (Fsp3) is 0.200. The minimum atomic E-state index is 0.0241. The molecule has 0 radical (unpaired) electrons. The largest absolute Gasteiger partial charge is 0.361 e. The molecule has 1 aromatic heterocycles. The van der Waals surface area contributed by atoms with E-state index in [2.05, 4.69) is 35.8 Å². The smallest absolute Gasteiger partial charge is 0.0457 e. The minimum Gasteiger partial charge on any atom is -0.361 e. The van der Waals surface area contributed by atoms with Crippen LogP contribution in [-0.4, -0.2) is 10.7 Å². The normalized spacial score (nSPS) is 13.4. The summed E-state index contributed by atoms with van der Waals surface area (Å²) in [5.74, 6) is 0.673. The number of hydrogen-bond acceptors (Lipinski definition) is 2. The first-order chi connectivity index (χ1) is 6.31. The number of aromatic amines is 1. The molecule has 0 aliphatic heterocycles. The molecule has 0 aliphatic rings. The van der Waals surface area contributed by atoms with Crippen molar-refractivity contribution in [3.8, 4) is 0 Å². The van der Waals surface area contributed by atoms with Crippen LogP contribution < -0.4 is 5.73 Å². The number of rotatable bonds is 2. The van der Waals surface area contributed by atoms with E-state index >= 15 is 0 Å². The molecule has 1 unspecified atom stereocenters. The zero-order valence-corrected chi connectivity index (χ0v) is 8.09. The second kappa shape index (κ2) is 3.44. The lowest BCUT2D eigenvalue weighted by Gasteiger charge is -2.07. The summed E-state index contributed by atoms with van der Waals surface area (Å²) in [6.07, 6.45) is 1.93. The van der Waals surface area contributed by atoms with E-state index in [4.69, 9.17) is 5.73 Å². The average Bonchev–Trinajstić information content (AvgIpc) is 2.63. The molecule has 1 heterocycles. The number of aromatic nitrogens is 1. The first kappa shape index (κ1) is 8.66. The Morgan fingerprint density at radius 3 is 3.00 bits per heavy atom. The van der Waals surface area contributed by atoms with E-state index in [1.54, 1.807) is 0 Å². The molecule has 3 heteroatoms. The standard InChI is InChI=1S/C10H12N2S/c11-9(6-13)8-2-1-7-3-4-12-10(7)5-8/h1-5,9,12-13H,6,11H2. The minimum absolute atomic E-state index is 0.0241. The lowest BCUT2D eigenvalue weighted by Crippen LogP contribution is -2.11. The van der Waals surface area contributed by atoms with Crippen molar-refractivity contribution in [2.75, 3.05) is 5.75 Å². The van der Waals surface area contributed by atoms with Crippen molar-refractivity contribution in [2.45, 2.75) is 6.04 Å². The lowest BCUT2D eigenvalue weighted by atomic mass is 10.1.